The van der Waals surface area contributed by atoms with Gasteiger partial charge >= 0.3 is 0 Å². The molecule has 1 fully saturated rings. The number of hydrogen-bond donors (Lipinski definition) is 4. The number of rotatable bonds is 6. The maximum atomic E-state index is 10.4. The first-order valence-electron chi connectivity index (χ1n) is 10.2. The summed E-state index contributed by atoms with van der Waals surface area (Å²) in [5.41, 5.74) is 8.71. The van der Waals surface area contributed by atoms with Gasteiger partial charge in [-0.15, -0.1) is 0 Å². The molecule has 0 radical (unpaired) electrons. The van der Waals surface area contributed by atoms with Gasteiger partial charge in [-0.1, -0.05) is 30.3 Å². The van der Waals surface area contributed by atoms with Crippen molar-refractivity contribution in [3.8, 4) is 11.4 Å². The molecule has 4 heterocycles. The predicted molar refractivity (Wildman–Crippen MR) is 114 cm³/mol. The number of aryl methyl sites for hydroxylation is 2. The van der Waals surface area contributed by atoms with E-state index >= 15 is 0 Å². The van der Waals surface area contributed by atoms with Crippen LogP contribution in [0.5, 0.6) is 0 Å². The first-order chi connectivity index (χ1) is 15.5. The number of anilines is 1. The first-order valence-corrected chi connectivity index (χ1v) is 10.2. The predicted octanol–water partition coefficient (Wildman–Crippen LogP) is 0.126. The van der Waals surface area contributed by atoms with Crippen molar-refractivity contribution in [1.82, 2.24) is 29.3 Å². The molecule has 1 aliphatic heterocycles. The fourth-order valence-corrected chi connectivity index (χ4v) is 3.85. The Morgan fingerprint density at radius 3 is 2.66 bits per heavy atom. The SMILES string of the molecule is Nc1nc(-c2cnn(CCc3ccccc3)c2)nc2c1ncn2[C@@H]1O[C@H](CO)[C@H](O)[C@H]1O. The van der Waals surface area contributed by atoms with Crippen LogP contribution in [0.3, 0.4) is 0 Å². The van der Waals surface area contributed by atoms with Gasteiger partial charge < -0.3 is 25.8 Å². The second-order valence-corrected chi connectivity index (χ2v) is 7.71. The number of nitrogen functional groups attached to an aromatic ring is 1. The molecule has 0 amide bonds. The van der Waals surface area contributed by atoms with E-state index in [4.69, 9.17) is 10.5 Å². The zero-order valence-electron chi connectivity index (χ0n) is 17.1. The van der Waals surface area contributed by atoms with Gasteiger partial charge in [0, 0.05) is 12.7 Å². The standard InChI is InChI=1S/C21H23N7O4/c22-18-15-20(28(11-23-15)21-17(31)16(30)14(10-29)32-21)26-19(25-18)13-8-24-27(9-13)7-6-12-4-2-1-3-5-12/h1-5,8-9,11,14,16-17,21,29-31H,6-7,10H2,(H2,22,25,26)/t14-,16+,17-,21-/m1/s1. The Morgan fingerprint density at radius 1 is 1.09 bits per heavy atom. The molecule has 1 aliphatic rings. The number of aliphatic hydroxyl groups excluding tert-OH is 3. The lowest BCUT2D eigenvalue weighted by atomic mass is 10.1. The Bertz CT molecular complexity index is 1230. The summed E-state index contributed by atoms with van der Waals surface area (Å²) in [6.07, 6.45) is 1.39. The summed E-state index contributed by atoms with van der Waals surface area (Å²) < 4.78 is 8.91. The molecule has 0 aliphatic carbocycles. The average molecular weight is 437 g/mol. The quantitative estimate of drug-likeness (QED) is 0.329. The van der Waals surface area contributed by atoms with Crippen molar-refractivity contribution in [3.63, 3.8) is 0 Å². The highest BCUT2D eigenvalue weighted by atomic mass is 16.6. The van der Waals surface area contributed by atoms with Crippen molar-refractivity contribution >= 4 is 17.0 Å². The minimum absolute atomic E-state index is 0.174. The summed E-state index contributed by atoms with van der Waals surface area (Å²) in [5.74, 6) is 0.530. The smallest absolute Gasteiger partial charge is 0.168 e. The van der Waals surface area contributed by atoms with Gasteiger partial charge in [0.2, 0.25) is 0 Å². The van der Waals surface area contributed by atoms with E-state index < -0.39 is 31.1 Å². The minimum atomic E-state index is -1.26. The summed E-state index contributed by atoms with van der Waals surface area (Å²) in [5, 5.41) is 34.2. The highest BCUT2D eigenvalue weighted by Gasteiger charge is 2.44. The number of benzene rings is 1. The van der Waals surface area contributed by atoms with E-state index in [9.17, 15) is 15.3 Å². The number of aliphatic hydroxyl groups is 3. The van der Waals surface area contributed by atoms with Gasteiger partial charge in [0.1, 0.15) is 23.8 Å². The van der Waals surface area contributed by atoms with Gasteiger partial charge in [-0.05, 0) is 12.0 Å². The fraction of sp³-hybridized carbons (Fsp3) is 0.333. The number of ether oxygens (including phenoxy) is 1. The van der Waals surface area contributed by atoms with Crippen molar-refractivity contribution in [2.45, 2.75) is 37.5 Å². The molecule has 11 nitrogen and oxygen atoms in total. The molecule has 32 heavy (non-hydrogen) atoms. The molecular formula is C21H23N7O4. The van der Waals surface area contributed by atoms with Gasteiger partial charge in [0.05, 0.1) is 24.7 Å². The molecule has 0 saturated carbocycles. The Labute approximate surface area is 182 Å². The van der Waals surface area contributed by atoms with Crippen LogP contribution in [0, 0.1) is 0 Å². The molecule has 0 spiro atoms. The van der Waals surface area contributed by atoms with Crippen LogP contribution >= 0.6 is 0 Å². The fourth-order valence-electron chi connectivity index (χ4n) is 3.85. The molecule has 5 rings (SSSR count). The Morgan fingerprint density at radius 2 is 1.91 bits per heavy atom. The summed E-state index contributed by atoms with van der Waals surface area (Å²) in [4.78, 5) is 13.2. The Hall–Kier alpha value is -3.38. The van der Waals surface area contributed by atoms with E-state index in [-0.39, 0.29) is 5.82 Å². The highest BCUT2D eigenvalue weighted by Crippen LogP contribution is 2.32. The summed E-state index contributed by atoms with van der Waals surface area (Å²) in [6.45, 7) is 0.272. The van der Waals surface area contributed by atoms with Crippen molar-refractivity contribution in [1.29, 1.82) is 0 Å². The lowest BCUT2D eigenvalue weighted by Gasteiger charge is -2.16. The third kappa shape index (κ3) is 3.60. The van der Waals surface area contributed by atoms with E-state index in [0.29, 0.717) is 29.1 Å². The lowest BCUT2D eigenvalue weighted by molar-refractivity contribution is -0.0511. The van der Waals surface area contributed by atoms with Crippen molar-refractivity contribution in [2.24, 2.45) is 0 Å². The van der Waals surface area contributed by atoms with Crippen LogP contribution in [0.2, 0.25) is 0 Å². The van der Waals surface area contributed by atoms with Gasteiger partial charge in [-0.3, -0.25) is 9.25 Å². The van der Waals surface area contributed by atoms with E-state index in [1.54, 1.807) is 6.20 Å². The van der Waals surface area contributed by atoms with Crippen LogP contribution < -0.4 is 5.73 Å². The number of nitrogens with two attached hydrogens (primary N) is 1. The maximum absolute atomic E-state index is 10.4. The van der Waals surface area contributed by atoms with Crippen molar-refractivity contribution in [3.05, 3.63) is 54.6 Å². The zero-order chi connectivity index (χ0) is 22.2. The lowest BCUT2D eigenvalue weighted by Crippen LogP contribution is -2.33. The second kappa shape index (κ2) is 8.28. The second-order valence-electron chi connectivity index (χ2n) is 7.71. The monoisotopic (exact) mass is 437 g/mol. The summed E-state index contributed by atoms with van der Waals surface area (Å²) in [7, 11) is 0. The van der Waals surface area contributed by atoms with Crippen LogP contribution in [0.1, 0.15) is 11.8 Å². The molecule has 1 saturated heterocycles. The first kappa shape index (κ1) is 20.5. The number of fused-ring (bicyclic) bond motifs is 1. The van der Waals surface area contributed by atoms with Crippen molar-refractivity contribution < 1.29 is 20.1 Å². The third-order valence-corrected chi connectivity index (χ3v) is 5.60. The van der Waals surface area contributed by atoms with Gasteiger partial charge in [0.15, 0.2) is 23.5 Å². The molecule has 5 N–H and O–H groups in total. The maximum Gasteiger partial charge on any atom is 0.168 e. The van der Waals surface area contributed by atoms with Gasteiger partial charge in [0.25, 0.3) is 0 Å². The van der Waals surface area contributed by atoms with E-state index in [1.165, 1.54) is 16.5 Å². The highest BCUT2D eigenvalue weighted by molar-refractivity contribution is 5.83. The Kier molecular flexibility index (Phi) is 5.31. The molecule has 11 heteroatoms. The molecule has 1 aromatic carbocycles. The Balaban J connectivity index is 1.43. The molecule has 0 unspecified atom stereocenters. The van der Waals surface area contributed by atoms with Gasteiger partial charge in [-0.2, -0.15) is 5.10 Å². The summed E-state index contributed by atoms with van der Waals surface area (Å²) >= 11 is 0. The third-order valence-electron chi connectivity index (χ3n) is 5.60. The van der Waals surface area contributed by atoms with Crippen LogP contribution in [0.4, 0.5) is 5.82 Å². The van der Waals surface area contributed by atoms with Crippen molar-refractivity contribution in [2.75, 3.05) is 12.3 Å². The van der Waals surface area contributed by atoms with E-state index in [1.807, 2.05) is 29.1 Å². The minimum Gasteiger partial charge on any atom is -0.394 e. The summed E-state index contributed by atoms with van der Waals surface area (Å²) in [6, 6.07) is 10.1. The largest absolute Gasteiger partial charge is 0.394 e. The molecule has 166 valence electrons. The zero-order valence-corrected chi connectivity index (χ0v) is 17.1. The number of aromatic nitrogens is 6. The van der Waals surface area contributed by atoms with Crippen LogP contribution in [-0.4, -0.2) is 69.5 Å². The van der Waals surface area contributed by atoms with E-state index in [2.05, 4.69) is 32.2 Å². The topological polar surface area (TPSA) is 157 Å². The molecular weight excluding hydrogens is 414 g/mol. The van der Waals surface area contributed by atoms with E-state index in [0.717, 1.165) is 6.42 Å². The number of nitrogens with zero attached hydrogens (tertiary/aromatic N) is 6. The van der Waals surface area contributed by atoms with Crippen LogP contribution in [-0.2, 0) is 17.7 Å². The van der Waals surface area contributed by atoms with Gasteiger partial charge in [-0.25, -0.2) is 15.0 Å². The van der Waals surface area contributed by atoms with Crippen LogP contribution in [0.15, 0.2) is 49.1 Å². The van der Waals surface area contributed by atoms with Crippen LogP contribution in [0.25, 0.3) is 22.6 Å². The molecule has 0 bridgehead atoms. The average Bonchev–Trinajstić information content (AvgIpc) is 3.52. The molecule has 3 aromatic heterocycles. The number of hydrogen-bond acceptors (Lipinski definition) is 9. The number of imidazole rings is 1. The normalized spacial score (nSPS) is 23.2. The molecule has 4 atom stereocenters. The molecule has 4 aromatic rings.